The largest absolute Gasteiger partial charge is 0.435 e. The Bertz CT molecular complexity index is 633. The summed E-state index contributed by atoms with van der Waals surface area (Å²) < 4.78 is 64.8. The SMILES string of the molecule is CCn1nc(C(F)(F)F)cc1CNc1ccc(F)c(F)c1. The van der Waals surface area contributed by atoms with Crippen molar-refractivity contribution < 1.29 is 22.0 Å². The first-order chi connectivity index (χ1) is 9.81. The molecule has 0 saturated carbocycles. The second kappa shape index (κ2) is 5.71. The molecule has 0 aliphatic rings. The highest BCUT2D eigenvalue weighted by Crippen LogP contribution is 2.28. The fraction of sp³-hybridized carbons (Fsp3) is 0.308. The van der Waals surface area contributed by atoms with E-state index in [0.717, 1.165) is 18.2 Å². The predicted molar refractivity (Wildman–Crippen MR) is 66.6 cm³/mol. The average molecular weight is 305 g/mol. The molecule has 0 fully saturated rings. The minimum absolute atomic E-state index is 0.0159. The molecular formula is C13H12F5N3. The molecule has 0 radical (unpaired) electrons. The standard InChI is InChI=1S/C13H12F5N3/c1-2-21-9(6-12(20-21)13(16,17)18)7-19-8-3-4-10(14)11(15)5-8/h3-6,19H,2,7H2,1H3. The fourth-order valence-corrected chi connectivity index (χ4v) is 1.81. The van der Waals surface area contributed by atoms with Crippen LogP contribution in [0.4, 0.5) is 27.6 Å². The van der Waals surface area contributed by atoms with Crippen molar-refractivity contribution >= 4 is 5.69 Å². The predicted octanol–water partition coefficient (Wildman–Crippen LogP) is 3.81. The van der Waals surface area contributed by atoms with Gasteiger partial charge < -0.3 is 5.32 Å². The molecule has 0 aliphatic carbocycles. The van der Waals surface area contributed by atoms with Gasteiger partial charge in [0.25, 0.3) is 0 Å². The Morgan fingerprint density at radius 3 is 2.43 bits per heavy atom. The normalized spacial score (nSPS) is 11.7. The van der Waals surface area contributed by atoms with E-state index in [-0.39, 0.29) is 18.8 Å². The van der Waals surface area contributed by atoms with E-state index in [9.17, 15) is 22.0 Å². The molecule has 114 valence electrons. The molecule has 1 N–H and O–H groups in total. The third kappa shape index (κ3) is 3.50. The van der Waals surface area contributed by atoms with Crippen LogP contribution in [0, 0.1) is 11.6 Å². The second-order valence-electron chi connectivity index (χ2n) is 4.32. The van der Waals surface area contributed by atoms with Crippen molar-refractivity contribution in [1.29, 1.82) is 0 Å². The summed E-state index contributed by atoms with van der Waals surface area (Å²) in [6, 6.07) is 4.11. The van der Waals surface area contributed by atoms with Crippen LogP contribution in [0.25, 0.3) is 0 Å². The maximum absolute atomic E-state index is 13.0. The number of hydrogen-bond donors (Lipinski definition) is 1. The maximum Gasteiger partial charge on any atom is 0.435 e. The summed E-state index contributed by atoms with van der Waals surface area (Å²) in [7, 11) is 0. The van der Waals surface area contributed by atoms with E-state index in [4.69, 9.17) is 0 Å². The highest BCUT2D eigenvalue weighted by molar-refractivity contribution is 5.43. The molecular weight excluding hydrogens is 293 g/mol. The van der Waals surface area contributed by atoms with Gasteiger partial charge in [-0.2, -0.15) is 18.3 Å². The van der Waals surface area contributed by atoms with Crippen LogP contribution in [-0.4, -0.2) is 9.78 Å². The summed E-state index contributed by atoms with van der Waals surface area (Å²) in [5.41, 5.74) is -0.410. The van der Waals surface area contributed by atoms with E-state index in [2.05, 4.69) is 10.4 Å². The summed E-state index contributed by atoms with van der Waals surface area (Å²) in [6.45, 7) is 1.95. The second-order valence-corrected chi connectivity index (χ2v) is 4.32. The van der Waals surface area contributed by atoms with Crippen LogP contribution in [0.1, 0.15) is 18.3 Å². The van der Waals surface area contributed by atoms with Gasteiger partial charge in [-0.3, -0.25) is 4.68 Å². The topological polar surface area (TPSA) is 29.9 Å². The Morgan fingerprint density at radius 1 is 1.14 bits per heavy atom. The minimum atomic E-state index is -4.52. The number of anilines is 1. The number of nitrogens with zero attached hydrogens (tertiary/aromatic N) is 2. The molecule has 1 aromatic heterocycles. The van der Waals surface area contributed by atoms with Crippen molar-refractivity contribution in [2.24, 2.45) is 0 Å². The van der Waals surface area contributed by atoms with Gasteiger partial charge >= 0.3 is 6.18 Å². The summed E-state index contributed by atoms with van der Waals surface area (Å²) >= 11 is 0. The van der Waals surface area contributed by atoms with Crippen molar-refractivity contribution in [1.82, 2.24) is 9.78 Å². The van der Waals surface area contributed by atoms with Gasteiger partial charge in [0.2, 0.25) is 0 Å². The van der Waals surface area contributed by atoms with Crippen LogP contribution in [0.2, 0.25) is 0 Å². The van der Waals surface area contributed by atoms with Gasteiger partial charge in [0.1, 0.15) is 0 Å². The maximum atomic E-state index is 13.0. The quantitative estimate of drug-likeness (QED) is 0.871. The number of rotatable bonds is 4. The lowest BCUT2D eigenvalue weighted by atomic mass is 10.3. The Balaban J connectivity index is 2.15. The third-order valence-electron chi connectivity index (χ3n) is 2.85. The molecule has 1 aromatic carbocycles. The highest BCUT2D eigenvalue weighted by atomic mass is 19.4. The molecule has 8 heteroatoms. The number of halogens is 5. The van der Waals surface area contributed by atoms with Gasteiger partial charge in [0.15, 0.2) is 17.3 Å². The number of aromatic nitrogens is 2. The molecule has 2 aromatic rings. The molecule has 0 atom stereocenters. The van der Waals surface area contributed by atoms with Crippen LogP contribution in [-0.2, 0) is 19.3 Å². The zero-order chi connectivity index (χ0) is 15.6. The van der Waals surface area contributed by atoms with Gasteiger partial charge in [-0.1, -0.05) is 0 Å². The number of aryl methyl sites for hydroxylation is 1. The van der Waals surface area contributed by atoms with E-state index in [1.807, 2.05) is 0 Å². The molecule has 0 aliphatic heterocycles. The molecule has 0 bridgehead atoms. The van der Waals surface area contributed by atoms with E-state index in [1.165, 1.54) is 10.7 Å². The monoisotopic (exact) mass is 305 g/mol. The first-order valence-corrected chi connectivity index (χ1v) is 6.14. The summed E-state index contributed by atoms with van der Waals surface area (Å²) in [5, 5.41) is 6.20. The van der Waals surface area contributed by atoms with Crippen molar-refractivity contribution in [2.45, 2.75) is 26.2 Å². The molecule has 0 amide bonds. The van der Waals surface area contributed by atoms with Gasteiger partial charge in [-0.15, -0.1) is 0 Å². The lowest BCUT2D eigenvalue weighted by Gasteiger charge is -2.08. The van der Waals surface area contributed by atoms with E-state index in [0.29, 0.717) is 5.69 Å². The number of benzene rings is 1. The average Bonchev–Trinajstić information content (AvgIpc) is 2.83. The summed E-state index contributed by atoms with van der Waals surface area (Å²) in [6.07, 6.45) is -4.52. The Morgan fingerprint density at radius 2 is 1.86 bits per heavy atom. The van der Waals surface area contributed by atoms with E-state index >= 15 is 0 Å². The van der Waals surface area contributed by atoms with Crippen LogP contribution in [0.15, 0.2) is 24.3 Å². The molecule has 21 heavy (non-hydrogen) atoms. The zero-order valence-electron chi connectivity index (χ0n) is 11.0. The third-order valence-corrected chi connectivity index (χ3v) is 2.85. The first kappa shape index (κ1) is 15.3. The Hall–Kier alpha value is -2.12. The smallest absolute Gasteiger partial charge is 0.379 e. The van der Waals surface area contributed by atoms with Crippen molar-refractivity contribution in [2.75, 3.05) is 5.32 Å². The summed E-state index contributed by atoms with van der Waals surface area (Å²) in [5.74, 6) is -2.02. The van der Waals surface area contributed by atoms with Crippen molar-refractivity contribution in [3.8, 4) is 0 Å². The minimum Gasteiger partial charge on any atom is -0.379 e. The van der Waals surface area contributed by atoms with E-state index < -0.39 is 23.5 Å². The lowest BCUT2D eigenvalue weighted by Crippen LogP contribution is -2.09. The summed E-state index contributed by atoms with van der Waals surface area (Å²) in [4.78, 5) is 0. The van der Waals surface area contributed by atoms with Crippen LogP contribution in [0.5, 0.6) is 0 Å². The van der Waals surface area contributed by atoms with Gasteiger partial charge in [-0.25, -0.2) is 8.78 Å². The number of alkyl halides is 3. The first-order valence-electron chi connectivity index (χ1n) is 6.14. The number of nitrogens with one attached hydrogen (secondary N) is 1. The molecule has 0 unspecified atom stereocenters. The Kier molecular flexibility index (Phi) is 4.15. The van der Waals surface area contributed by atoms with E-state index in [1.54, 1.807) is 6.92 Å². The molecule has 1 heterocycles. The molecule has 3 nitrogen and oxygen atoms in total. The zero-order valence-corrected chi connectivity index (χ0v) is 11.0. The molecule has 2 rings (SSSR count). The van der Waals surface area contributed by atoms with Crippen molar-refractivity contribution in [3.63, 3.8) is 0 Å². The van der Waals surface area contributed by atoms with Crippen LogP contribution in [0.3, 0.4) is 0 Å². The molecule has 0 saturated heterocycles. The fourth-order valence-electron chi connectivity index (χ4n) is 1.81. The van der Waals surface area contributed by atoms with Crippen LogP contribution < -0.4 is 5.32 Å². The lowest BCUT2D eigenvalue weighted by molar-refractivity contribution is -0.141. The number of hydrogen-bond acceptors (Lipinski definition) is 2. The highest BCUT2D eigenvalue weighted by Gasteiger charge is 2.34. The Labute approximate surface area is 117 Å². The molecule has 0 spiro atoms. The van der Waals surface area contributed by atoms with Gasteiger partial charge in [0.05, 0.1) is 12.2 Å². The van der Waals surface area contributed by atoms with Gasteiger partial charge in [0, 0.05) is 18.3 Å². The van der Waals surface area contributed by atoms with Crippen LogP contribution >= 0.6 is 0 Å². The van der Waals surface area contributed by atoms with Gasteiger partial charge in [-0.05, 0) is 25.1 Å². The van der Waals surface area contributed by atoms with Crippen molar-refractivity contribution in [3.05, 3.63) is 47.3 Å².